The highest BCUT2D eigenvalue weighted by Crippen LogP contribution is 2.17. The zero-order valence-electron chi connectivity index (χ0n) is 19.0. The van der Waals surface area contributed by atoms with E-state index in [1.54, 1.807) is 16.8 Å². The van der Waals surface area contributed by atoms with E-state index in [4.69, 9.17) is 0 Å². The number of likely N-dealkylation sites (N-methyl/N-ethyl adjacent to an activating group) is 1. The fourth-order valence-corrected chi connectivity index (χ4v) is 4.35. The average Bonchev–Trinajstić information content (AvgIpc) is 3.22. The molecule has 0 aliphatic heterocycles. The molecule has 0 bridgehead atoms. The minimum absolute atomic E-state index is 0.0866. The quantitative estimate of drug-likeness (QED) is 0.515. The van der Waals surface area contributed by atoms with Crippen LogP contribution in [-0.4, -0.2) is 47.9 Å². The van der Waals surface area contributed by atoms with Gasteiger partial charge in [0.2, 0.25) is 10.0 Å². The summed E-state index contributed by atoms with van der Waals surface area (Å²) in [6, 6.07) is 14.1. The van der Waals surface area contributed by atoms with Crippen LogP contribution in [0.3, 0.4) is 0 Å². The maximum Gasteiger partial charge on any atom is 0.273 e. The maximum absolute atomic E-state index is 12.7. The van der Waals surface area contributed by atoms with Gasteiger partial charge in [-0.1, -0.05) is 42.3 Å². The number of amides is 2. The van der Waals surface area contributed by atoms with Crippen LogP contribution in [0, 0.1) is 13.8 Å². The first kappa shape index (κ1) is 24.1. The summed E-state index contributed by atoms with van der Waals surface area (Å²) in [5.74, 6) is -1.21. The fraction of sp³-hybridized carbons (Fsp3) is 0.261. The molecular weight excluding hydrogens is 442 g/mol. The monoisotopic (exact) mass is 469 g/mol. The number of hydrogen-bond donors (Lipinski definition) is 2. The molecule has 0 fully saturated rings. The number of benzene rings is 2. The standard InChI is InChI=1S/C23H27N5O4S/c1-5-21-20(14-24-28(21)18-10-6-16(2)7-11-18)23(30)26-25-22(29)15-27(4)33(31,32)19-12-8-17(3)9-13-19/h6-14H,5,15H2,1-4H3,(H,25,29)(H,26,30). The summed E-state index contributed by atoms with van der Waals surface area (Å²) in [5.41, 5.74) is 8.47. The number of aromatic nitrogens is 2. The Labute approximate surface area is 193 Å². The molecule has 3 rings (SSSR count). The van der Waals surface area contributed by atoms with Gasteiger partial charge < -0.3 is 0 Å². The Morgan fingerprint density at radius 3 is 2.12 bits per heavy atom. The number of rotatable bonds is 7. The number of nitrogens with one attached hydrogen (secondary N) is 2. The number of hydrazine groups is 1. The second kappa shape index (κ2) is 9.97. The molecule has 0 spiro atoms. The van der Waals surface area contributed by atoms with Crippen LogP contribution in [0.25, 0.3) is 5.69 Å². The molecule has 9 nitrogen and oxygen atoms in total. The second-order valence-electron chi connectivity index (χ2n) is 7.68. The van der Waals surface area contributed by atoms with Crippen LogP contribution < -0.4 is 10.9 Å². The fourth-order valence-electron chi connectivity index (χ4n) is 3.22. The van der Waals surface area contributed by atoms with E-state index >= 15 is 0 Å². The molecule has 1 aromatic heterocycles. The van der Waals surface area contributed by atoms with Crippen LogP contribution in [0.5, 0.6) is 0 Å². The minimum atomic E-state index is -3.84. The SMILES string of the molecule is CCc1c(C(=O)NNC(=O)CN(C)S(=O)(=O)c2ccc(C)cc2)cnn1-c1ccc(C)cc1. The summed E-state index contributed by atoms with van der Waals surface area (Å²) in [7, 11) is -2.53. The van der Waals surface area contributed by atoms with Crippen LogP contribution in [-0.2, 0) is 21.2 Å². The Balaban J connectivity index is 1.64. The molecule has 0 aliphatic rings. The van der Waals surface area contributed by atoms with E-state index in [-0.39, 0.29) is 4.90 Å². The van der Waals surface area contributed by atoms with Crippen molar-refractivity contribution >= 4 is 21.8 Å². The van der Waals surface area contributed by atoms with E-state index in [0.717, 1.165) is 21.1 Å². The van der Waals surface area contributed by atoms with Gasteiger partial charge in [-0.3, -0.25) is 20.4 Å². The number of carbonyl (C=O) groups excluding carboxylic acids is 2. The molecule has 2 amide bonds. The third kappa shape index (κ3) is 5.47. The molecular formula is C23H27N5O4S. The second-order valence-corrected chi connectivity index (χ2v) is 9.73. The van der Waals surface area contributed by atoms with Gasteiger partial charge in [-0.2, -0.15) is 9.40 Å². The predicted molar refractivity (Wildman–Crippen MR) is 124 cm³/mol. The number of aryl methyl sites for hydroxylation is 2. The van der Waals surface area contributed by atoms with Crippen molar-refractivity contribution in [3.8, 4) is 5.69 Å². The molecule has 33 heavy (non-hydrogen) atoms. The van der Waals surface area contributed by atoms with E-state index in [1.807, 2.05) is 45.0 Å². The normalized spacial score (nSPS) is 11.4. The molecule has 1 heterocycles. The van der Waals surface area contributed by atoms with E-state index in [1.165, 1.54) is 25.4 Å². The lowest BCUT2D eigenvalue weighted by atomic mass is 10.2. The number of nitrogens with zero attached hydrogens (tertiary/aromatic N) is 3. The number of hydrogen-bond acceptors (Lipinski definition) is 5. The summed E-state index contributed by atoms with van der Waals surface area (Å²) in [4.78, 5) is 25.0. The molecule has 0 radical (unpaired) electrons. The molecule has 0 aliphatic carbocycles. The van der Waals surface area contributed by atoms with Gasteiger partial charge in [0.25, 0.3) is 11.8 Å². The summed E-state index contributed by atoms with van der Waals surface area (Å²) in [6.07, 6.45) is 1.98. The molecule has 0 saturated heterocycles. The smallest absolute Gasteiger partial charge is 0.272 e. The van der Waals surface area contributed by atoms with Crippen molar-refractivity contribution in [2.45, 2.75) is 32.1 Å². The van der Waals surface area contributed by atoms with Crippen molar-refractivity contribution in [3.05, 3.63) is 77.1 Å². The van der Waals surface area contributed by atoms with Gasteiger partial charge in [0.05, 0.1) is 34.6 Å². The van der Waals surface area contributed by atoms with Gasteiger partial charge in [0, 0.05) is 7.05 Å². The molecule has 0 unspecified atom stereocenters. The van der Waals surface area contributed by atoms with Crippen LogP contribution in [0.15, 0.2) is 59.6 Å². The molecule has 2 N–H and O–H groups in total. The average molecular weight is 470 g/mol. The van der Waals surface area contributed by atoms with Gasteiger partial charge in [0.1, 0.15) is 0 Å². The molecule has 174 valence electrons. The summed E-state index contributed by atoms with van der Waals surface area (Å²) in [6.45, 7) is 5.28. The highest BCUT2D eigenvalue weighted by molar-refractivity contribution is 7.89. The highest BCUT2D eigenvalue weighted by Gasteiger charge is 2.23. The van der Waals surface area contributed by atoms with E-state index in [2.05, 4.69) is 16.0 Å². The van der Waals surface area contributed by atoms with Gasteiger partial charge in [0.15, 0.2) is 0 Å². The number of carbonyl (C=O) groups is 2. The van der Waals surface area contributed by atoms with Crippen LogP contribution in [0.2, 0.25) is 0 Å². The van der Waals surface area contributed by atoms with Crippen LogP contribution in [0.4, 0.5) is 0 Å². The van der Waals surface area contributed by atoms with Gasteiger partial charge in [-0.15, -0.1) is 0 Å². The van der Waals surface area contributed by atoms with Crippen molar-refractivity contribution in [3.63, 3.8) is 0 Å². The Morgan fingerprint density at radius 2 is 1.55 bits per heavy atom. The lowest BCUT2D eigenvalue weighted by molar-refractivity contribution is -0.121. The third-order valence-corrected chi connectivity index (χ3v) is 6.96. The first-order valence-electron chi connectivity index (χ1n) is 10.4. The van der Waals surface area contributed by atoms with E-state index < -0.39 is 28.4 Å². The first-order valence-corrected chi connectivity index (χ1v) is 11.8. The zero-order valence-corrected chi connectivity index (χ0v) is 19.8. The lowest BCUT2D eigenvalue weighted by Gasteiger charge is -2.17. The molecule has 0 atom stereocenters. The largest absolute Gasteiger partial charge is 0.273 e. The van der Waals surface area contributed by atoms with Crippen molar-refractivity contribution in [2.24, 2.45) is 0 Å². The predicted octanol–water partition coefficient (Wildman–Crippen LogP) is 2.13. The van der Waals surface area contributed by atoms with Crippen molar-refractivity contribution < 1.29 is 18.0 Å². The molecule has 10 heteroatoms. The summed E-state index contributed by atoms with van der Waals surface area (Å²) in [5, 5.41) is 4.31. The van der Waals surface area contributed by atoms with Gasteiger partial charge in [-0.05, 0) is 44.5 Å². The highest BCUT2D eigenvalue weighted by atomic mass is 32.2. The molecule has 3 aromatic rings. The summed E-state index contributed by atoms with van der Waals surface area (Å²) < 4.78 is 27.9. The van der Waals surface area contributed by atoms with E-state index in [0.29, 0.717) is 17.7 Å². The number of sulfonamides is 1. The Kier molecular flexibility index (Phi) is 7.29. The topological polar surface area (TPSA) is 113 Å². The van der Waals surface area contributed by atoms with Gasteiger partial charge in [-0.25, -0.2) is 13.1 Å². The zero-order chi connectivity index (χ0) is 24.2. The van der Waals surface area contributed by atoms with E-state index in [9.17, 15) is 18.0 Å². The van der Waals surface area contributed by atoms with Gasteiger partial charge >= 0.3 is 0 Å². The van der Waals surface area contributed by atoms with Crippen LogP contribution >= 0.6 is 0 Å². The Hall–Kier alpha value is -3.50. The Bertz CT molecular complexity index is 1250. The first-order chi connectivity index (χ1) is 15.6. The lowest BCUT2D eigenvalue weighted by Crippen LogP contribution is -2.46. The summed E-state index contributed by atoms with van der Waals surface area (Å²) >= 11 is 0. The molecule has 0 saturated carbocycles. The Morgan fingerprint density at radius 1 is 0.970 bits per heavy atom. The third-order valence-electron chi connectivity index (χ3n) is 5.14. The minimum Gasteiger partial charge on any atom is -0.272 e. The van der Waals surface area contributed by atoms with Crippen molar-refractivity contribution in [2.75, 3.05) is 13.6 Å². The van der Waals surface area contributed by atoms with Crippen LogP contribution in [0.1, 0.15) is 34.1 Å². The van der Waals surface area contributed by atoms with Crippen molar-refractivity contribution in [1.29, 1.82) is 0 Å². The molecule has 2 aromatic carbocycles. The maximum atomic E-state index is 12.7. The van der Waals surface area contributed by atoms with Crippen molar-refractivity contribution in [1.82, 2.24) is 24.9 Å².